The first-order valence-corrected chi connectivity index (χ1v) is 8.57. The molecule has 1 aromatic heterocycles. The first-order chi connectivity index (χ1) is 9.72. The van der Waals surface area contributed by atoms with Gasteiger partial charge in [-0.05, 0) is 42.5 Å². The Hall–Kier alpha value is -1.57. The van der Waals surface area contributed by atoms with Crippen molar-refractivity contribution in [2.24, 2.45) is 0 Å². The van der Waals surface area contributed by atoms with Crippen LogP contribution < -0.4 is 4.72 Å². The van der Waals surface area contributed by atoms with Gasteiger partial charge in [0.25, 0.3) is 10.0 Å². The molecule has 8 heteroatoms. The molecule has 0 amide bonds. The predicted molar refractivity (Wildman–Crippen MR) is 83.0 cm³/mol. The maximum absolute atomic E-state index is 12.4. The van der Waals surface area contributed by atoms with Gasteiger partial charge in [0, 0.05) is 0 Å². The molecule has 1 aromatic carbocycles. The highest BCUT2D eigenvalue weighted by atomic mass is 35.5. The van der Waals surface area contributed by atoms with Crippen LogP contribution in [0.25, 0.3) is 0 Å². The summed E-state index contributed by atoms with van der Waals surface area (Å²) in [5, 5.41) is 10.8. The molecule has 2 N–H and O–H groups in total. The minimum Gasteiger partial charge on any atom is -0.477 e. The van der Waals surface area contributed by atoms with E-state index < -0.39 is 16.0 Å². The molecular weight excluding hydrogens is 334 g/mol. The van der Waals surface area contributed by atoms with Gasteiger partial charge in [-0.25, -0.2) is 13.2 Å². The van der Waals surface area contributed by atoms with Crippen molar-refractivity contribution >= 4 is 44.6 Å². The summed E-state index contributed by atoms with van der Waals surface area (Å²) in [5.41, 5.74) is 1.44. The van der Waals surface area contributed by atoms with E-state index in [0.29, 0.717) is 5.56 Å². The fourth-order valence-electron chi connectivity index (χ4n) is 1.83. The van der Waals surface area contributed by atoms with Gasteiger partial charge >= 0.3 is 5.97 Å². The monoisotopic (exact) mass is 345 g/mol. The number of aromatic carboxylic acids is 1. The van der Waals surface area contributed by atoms with E-state index in [9.17, 15) is 13.2 Å². The summed E-state index contributed by atoms with van der Waals surface area (Å²) >= 11 is 6.84. The summed E-state index contributed by atoms with van der Waals surface area (Å²) in [6, 6.07) is 4.91. The lowest BCUT2D eigenvalue weighted by Gasteiger charge is -2.11. The van der Waals surface area contributed by atoms with E-state index in [0.717, 1.165) is 16.9 Å². The molecule has 0 atom stereocenters. The van der Waals surface area contributed by atoms with Crippen molar-refractivity contribution < 1.29 is 18.3 Å². The maximum atomic E-state index is 12.4. The number of carboxylic acids is 1. The molecule has 0 fully saturated rings. The minimum atomic E-state index is -4.02. The third-order valence-electron chi connectivity index (χ3n) is 2.75. The van der Waals surface area contributed by atoms with Gasteiger partial charge in [-0.3, -0.25) is 4.72 Å². The van der Waals surface area contributed by atoms with Crippen molar-refractivity contribution in [2.45, 2.75) is 18.7 Å². The molecule has 0 aliphatic heterocycles. The van der Waals surface area contributed by atoms with Gasteiger partial charge in [0.05, 0.1) is 10.7 Å². The molecule has 1 heterocycles. The van der Waals surface area contributed by atoms with E-state index >= 15 is 0 Å². The smallest absolute Gasteiger partial charge is 0.347 e. The Morgan fingerprint density at radius 3 is 2.62 bits per heavy atom. The van der Waals surface area contributed by atoms with Crippen molar-refractivity contribution in [3.63, 3.8) is 0 Å². The minimum absolute atomic E-state index is 0.219. The van der Waals surface area contributed by atoms with Crippen LogP contribution in [0.3, 0.4) is 0 Å². The molecule has 5 nitrogen and oxygen atoms in total. The summed E-state index contributed by atoms with van der Waals surface area (Å²) < 4.78 is 27.2. The molecule has 112 valence electrons. The Morgan fingerprint density at radius 2 is 2.00 bits per heavy atom. The Labute approximate surface area is 131 Å². The van der Waals surface area contributed by atoms with Crippen LogP contribution in [-0.2, 0) is 10.0 Å². The summed E-state index contributed by atoms with van der Waals surface area (Å²) in [5.74, 6) is -1.27. The van der Waals surface area contributed by atoms with E-state index in [4.69, 9.17) is 16.7 Å². The second kappa shape index (κ2) is 5.67. The van der Waals surface area contributed by atoms with Crippen LogP contribution in [0, 0.1) is 13.8 Å². The fraction of sp³-hybridized carbons (Fsp3) is 0.154. The van der Waals surface area contributed by atoms with Crippen molar-refractivity contribution in [3.8, 4) is 0 Å². The summed E-state index contributed by atoms with van der Waals surface area (Å²) in [6.07, 6.45) is 0. The summed E-state index contributed by atoms with van der Waals surface area (Å²) in [7, 11) is -4.02. The van der Waals surface area contributed by atoms with Crippen LogP contribution in [-0.4, -0.2) is 19.5 Å². The van der Waals surface area contributed by atoms with Crippen LogP contribution in [0.1, 0.15) is 20.8 Å². The fourth-order valence-corrected chi connectivity index (χ4v) is 4.75. The van der Waals surface area contributed by atoms with Gasteiger partial charge in [-0.15, -0.1) is 11.3 Å². The number of thiophene rings is 1. The van der Waals surface area contributed by atoms with Gasteiger partial charge in [-0.1, -0.05) is 17.7 Å². The topological polar surface area (TPSA) is 83.5 Å². The molecule has 0 saturated heterocycles. The number of carboxylic acid groups (broad SMARTS) is 1. The van der Waals surface area contributed by atoms with Crippen molar-refractivity contribution in [2.75, 3.05) is 4.72 Å². The Balaban J connectivity index is 2.51. The number of aryl methyl sites for hydroxylation is 2. The number of benzene rings is 1. The van der Waals surface area contributed by atoms with Crippen LogP contribution in [0.15, 0.2) is 28.5 Å². The lowest BCUT2D eigenvalue weighted by atomic mass is 10.2. The number of sulfonamides is 1. The molecule has 0 aliphatic rings. The van der Waals surface area contributed by atoms with E-state index in [1.807, 2.05) is 0 Å². The molecule has 2 aromatic rings. The molecule has 0 aliphatic carbocycles. The van der Waals surface area contributed by atoms with E-state index in [-0.39, 0.29) is 20.5 Å². The zero-order valence-electron chi connectivity index (χ0n) is 11.2. The third-order valence-corrected chi connectivity index (χ3v) is 5.84. The lowest BCUT2D eigenvalue weighted by molar-refractivity contribution is 0.0698. The van der Waals surface area contributed by atoms with Gasteiger partial charge in [0.1, 0.15) is 9.77 Å². The molecule has 0 spiro atoms. The number of hydrogen-bond donors (Lipinski definition) is 2. The first-order valence-electron chi connectivity index (χ1n) is 5.82. The Kier molecular flexibility index (Phi) is 4.27. The molecule has 21 heavy (non-hydrogen) atoms. The molecule has 0 bridgehead atoms. The third kappa shape index (κ3) is 3.20. The molecule has 0 radical (unpaired) electrons. The molecule has 2 rings (SSSR count). The van der Waals surface area contributed by atoms with Gasteiger partial charge < -0.3 is 5.11 Å². The zero-order valence-corrected chi connectivity index (χ0v) is 13.6. The van der Waals surface area contributed by atoms with Crippen molar-refractivity contribution in [1.29, 1.82) is 0 Å². The summed E-state index contributed by atoms with van der Waals surface area (Å²) in [6.45, 7) is 3.35. The Bertz CT molecular complexity index is 812. The van der Waals surface area contributed by atoms with E-state index in [1.54, 1.807) is 32.0 Å². The number of rotatable bonds is 4. The highest BCUT2D eigenvalue weighted by Gasteiger charge is 2.27. The van der Waals surface area contributed by atoms with Gasteiger partial charge in [0.15, 0.2) is 0 Å². The van der Waals surface area contributed by atoms with Crippen LogP contribution in [0.4, 0.5) is 5.69 Å². The largest absolute Gasteiger partial charge is 0.477 e. The number of hydrogen-bond acceptors (Lipinski definition) is 4. The second-order valence-corrected chi connectivity index (χ2v) is 7.38. The van der Waals surface area contributed by atoms with Crippen LogP contribution in [0.5, 0.6) is 0 Å². The molecular formula is C13H12ClNO4S2. The van der Waals surface area contributed by atoms with E-state index in [1.165, 1.54) is 5.38 Å². The lowest BCUT2D eigenvalue weighted by Crippen LogP contribution is -2.16. The zero-order chi connectivity index (χ0) is 15.8. The highest BCUT2D eigenvalue weighted by Crippen LogP contribution is 2.31. The van der Waals surface area contributed by atoms with Crippen LogP contribution >= 0.6 is 22.9 Å². The molecule has 0 saturated carbocycles. The number of carbonyl (C=O) groups is 1. The SMILES string of the molecule is Cc1ccc(Cl)c(NS(=O)(=O)c2c(C)csc2C(=O)O)c1. The van der Waals surface area contributed by atoms with Crippen molar-refractivity contribution in [3.05, 3.63) is 44.6 Å². The van der Waals surface area contributed by atoms with Crippen molar-refractivity contribution in [1.82, 2.24) is 0 Å². The molecule has 0 unspecified atom stereocenters. The summed E-state index contributed by atoms with van der Waals surface area (Å²) in [4.78, 5) is 10.7. The van der Waals surface area contributed by atoms with Gasteiger partial charge in [0.2, 0.25) is 0 Å². The number of nitrogens with one attached hydrogen (secondary N) is 1. The Morgan fingerprint density at radius 1 is 1.33 bits per heavy atom. The first kappa shape index (κ1) is 15.8. The van der Waals surface area contributed by atoms with Gasteiger partial charge in [-0.2, -0.15) is 0 Å². The average Bonchev–Trinajstić information content (AvgIpc) is 2.76. The van der Waals surface area contributed by atoms with Crippen LogP contribution in [0.2, 0.25) is 5.02 Å². The number of halogens is 1. The normalized spacial score (nSPS) is 11.4. The average molecular weight is 346 g/mol. The second-order valence-electron chi connectivity index (χ2n) is 4.47. The maximum Gasteiger partial charge on any atom is 0.347 e. The number of anilines is 1. The van der Waals surface area contributed by atoms with E-state index in [2.05, 4.69) is 4.72 Å². The standard InChI is InChI=1S/C13H12ClNO4S2/c1-7-3-4-9(14)10(5-7)15-21(18,19)12-8(2)6-20-11(12)13(16)17/h3-6,15H,1-2H3,(H,16,17). The predicted octanol–water partition coefficient (Wildman–Crippen LogP) is 3.52. The quantitative estimate of drug-likeness (QED) is 0.888. The highest BCUT2D eigenvalue weighted by molar-refractivity contribution is 7.93.